The fourth-order valence-electron chi connectivity index (χ4n) is 1.69. The van der Waals surface area contributed by atoms with E-state index in [-0.39, 0.29) is 5.76 Å². The summed E-state index contributed by atoms with van der Waals surface area (Å²) < 4.78 is 10.1. The number of carbonyl (C=O) groups is 1. The highest BCUT2D eigenvalue weighted by molar-refractivity contribution is 5.87. The van der Waals surface area contributed by atoms with Gasteiger partial charge in [-0.1, -0.05) is 17.7 Å². The van der Waals surface area contributed by atoms with Gasteiger partial charge in [0.25, 0.3) is 0 Å². The van der Waals surface area contributed by atoms with Gasteiger partial charge in [-0.25, -0.2) is 4.79 Å². The first kappa shape index (κ1) is 11.5. The quantitative estimate of drug-likeness (QED) is 0.743. The molecular weight excluding hydrogens is 216 g/mol. The van der Waals surface area contributed by atoms with Crippen molar-refractivity contribution >= 4 is 5.97 Å². The summed E-state index contributed by atoms with van der Waals surface area (Å²) in [6.07, 6.45) is 0. The van der Waals surface area contributed by atoms with Crippen molar-refractivity contribution in [2.24, 2.45) is 0 Å². The second-order valence-electron chi connectivity index (χ2n) is 3.97. The zero-order valence-corrected chi connectivity index (χ0v) is 10.1. The van der Waals surface area contributed by atoms with Crippen molar-refractivity contribution in [3.05, 3.63) is 47.2 Å². The van der Waals surface area contributed by atoms with Crippen molar-refractivity contribution < 1.29 is 13.9 Å². The van der Waals surface area contributed by atoms with E-state index in [2.05, 4.69) is 4.74 Å². The Morgan fingerprint density at radius 1 is 1.18 bits per heavy atom. The zero-order chi connectivity index (χ0) is 12.4. The van der Waals surface area contributed by atoms with E-state index in [1.165, 1.54) is 7.11 Å². The zero-order valence-electron chi connectivity index (χ0n) is 10.1. The van der Waals surface area contributed by atoms with Gasteiger partial charge in [0.1, 0.15) is 5.76 Å². The van der Waals surface area contributed by atoms with Crippen LogP contribution in [0.25, 0.3) is 11.3 Å². The van der Waals surface area contributed by atoms with Crippen LogP contribution in [0.5, 0.6) is 0 Å². The molecule has 17 heavy (non-hydrogen) atoms. The summed E-state index contributed by atoms with van der Waals surface area (Å²) in [4.78, 5) is 11.3. The van der Waals surface area contributed by atoms with Crippen LogP contribution in [0.2, 0.25) is 0 Å². The van der Waals surface area contributed by atoms with Gasteiger partial charge >= 0.3 is 5.97 Å². The predicted molar refractivity (Wildman–Crippen MR) is 65.0 cm³/mol. The SMILES string of the molecule is COC(=O)c1ccc(-c2cc(C)ccc2C)o1. The third kappa shape index (κ3) is 2.23. The summed E-state index contributed by atoms with van der Waals surface area (Å²) in [6, 6.07) is 9.53. The van der Waals surface area contributed by atoms with Crippen LogP contribution < -0.4 is 0 Å². The molecule has 1 heterocycles. The summed E-state index contributed by atoms with van der Waals surface area (Å²) >= 11 is 0. The Bertz CT molecular complexity index is 552. The Morgan fingerprint density at radius 3 is 2.65 bits per heavy atom. The van der Waals surface area contributed by atoms with Crippen LogP contribution in [0.3, 0.4) is 0 Å². The minimum Gasteiger partial charge on any atom is -0.463 e. The van der Waals surface area contributed by atoms with Crippen LogP contribution in [0.1, 0.15) is 21.7 Å². The molecule has 2 rings (SSSR count). The molecule has 0 amide bonds. The van der Waals surface area contributed by atoms with E-state index >= 15 is 0 Å². The normalized spacial score (nSPS) is 10.3. The van der Waals surface area contributed by atoms with Crippen molar-refractivity contribution in [1.82, 2.24) is 0 Å². The molecule has 0 radical (unpaired) electrons. The van der Waals surface area contributed by atoms with Crippen molar-refractivity contribution in [3.63, 3.8) is 0 Å². The molecule has 0 fully saturated rings. The molecule has 2 aromatic rings. The standard InChI is InChI=1S/C14H14O3/c1-9-4-5-10(2)11(8-9)12-6-7-13(17-12)14(15)16-3/h4-8H,1-3H3. The minimum atomic E-state index is -0.457. The number of furan rings is 1. The molecule has 0 N–H and O–H groups in total. The molecule has 0 aliphatic carbocycles. The Balaban J connectivity index is 2.43. The maximum atomic E-state index is 11.3. The first-order chi connectivity index (χ1) is 8.11. The van der Waals surface area contributed by atoms with Crippen molar-refractivity contribution in [2.75, 3.05) is 7.11 Å². The number of hydrogen-bond donors (Lipinski definition) is 0. The number of carbonyl (C=O) groups excluding carboxylic acids is 1. The highest BCUT2D eigenvalue weighted by Crippen LogP contribution is 2.26. The number of aryl methyl sites for hydroxylation is 2. The number of ether oxygens (including phenoxy) is 1. The molecule has 1 aromatic heterocycles. The van der Waals surface area contributed by atoms with Crippen molar-refractivity contribution in [2.45, 2.75) is 13.8 Å². The van der Waals surface area contributed by atoms with Gasteiger partial charge in [0.2, 0.25) is 5.76 Å². The third-order valence-corrected chi connectivity index (χ3v) is 2.65. The van der Waals surface area contributed by atoms with E-state index in [1.807, 2.05) is 32.0 Å². The third-order valence-electron chi connectivity index (χ3n) is 2.65. The largest absolute Gasteiger partial charge is 0.463 e. The van der Waals surface area contributed by atoms with E-state index in [0.717, 1.165) is 16.7 Å². The van der Waals surface area contributed by atoms with Gasteiger partial charge in [0, 0.05) is 5.56 Å². The predicted octanol–water partition coefficient (Wildman–Crippen LogP) is 3.35. The monoisotopic (exact) mass is 230 g/mol. The van der Waals surface area contributed by atoms with E-state index in [1.54, 1.807) is 12.1 Å². The Kier molecular flexibility index (Phi) is 3.00. The first-order valence-electron chi connectivity index (χ1n) is 5.37. The second kappa shape index (κ2) is 4.45. The van der Waals surface area contributed by atoms with Gasteiger partial charge in [0.15, 0.2) is 0 Å². The number of methoxy groups -OCH3 is 1. The molecule has 0 atom stereocenters. The topological polar surface area (TPSA) is 39.4 Å². The van der Waals surface area contributed by atoms with Gasteiger partial charge in [-0.15, -0.1) is 0 Å². The number of esters is 1. The van der Waals surface area contributed by atoms with Gasteiger partial charge in [0.05, 0.1) is 7.11 Å². The smallest absolute Gasteiger partial charge is 0.373 e. The van der Waals surface area contributed by atoms with Gasteiger partial charge in [-0.3, -0.25) is 0 Å². The highest BCUT2D eigenvalue weighted by Gasteiger charge is 2.13. The molecule has 0 unspecified atom stereocenters. The second-order valence-corrected chi connectivity index (χ2v) is 3.97. The number of hydrogen-bond acceptors (Lipinski definition) is 3. The molecule has 3 heteroatoms. The van der Waals surface area contributed by atoms with Crippen LogP contribution in [-0.4, -0.2) is 13.1 Å². The summed E-state index contributed by atoms with van der Waals surface area (Å²) in [5.41, 5.74) is 3.27. The van der Waals surface area contributed by atoms with Gasteiger partial charge in [-0.2, -0.15) is 0 Å². The van der Waals surface area contributed by atoms with Crippen molar-refractivity contribution in [1.29, 1.82) is 0 Å². The molecule has 0 aliphatic rings. The Hall–Kier alpha value is -2.03. The van der Waals surface area contributed by atoms with Crippen molar-refractivity contribution in [3.8, 4) is 11.3 Å². The average molecular weight is 230 g/mol. The minimum absolute atomic E-state index is 0.225. The van der Waals surface area contributed by atoms with Crippen LogP contribution in [0, 0.1) is 13.8 Å². The molecule has 0 aliphatic heterocycles. The van der Waals surface area contributed by atoms with Crippen LogP contribution in [0.15, 0.2) is 34.7 Å². The molecular formula is C14H14O3. The lowest BCUT2D eigenvalue weighted by atomic mass is 10.0. The summed E-state index contributed by atoms with van der Waals surface area (Å²) in [6.45, 7) is 4.03. The Morgan fingerprint density at radius 2 is 1.94 bits per heavy atom. The summed E-state index contributed by atoms with van der Waals surface area (Å²) in [5, 5.41) is 0. The maximum absolute atomic E-state index is 11.3. The van der Waals surface area contributed by atoms with Crippen LogP contribution in [0.4, 0.5) is 0 Å². The Labute approximate surface area is 100 Å². The summed E-state index contributed by atoms with van der Waals surface area (Å²) in [5.74, 6) is 0.455. The fraction of sp³-hybridized carbons (Fsp3) is 0.214. The van der Waals surface area contributed by atoms with Gasteiger partial charge in [-0.05, 0) is 37.6 Å². The molecule has 1 aromatic carbocycles. The van der Waals surface area contributed by atoms with Crippen LogP contribution in [-0.2, 0) is 4.74 Å². The maximum Gasteiger partial charge on any atom is 0.373 e. The van der Waals surface area contributed by atoms with E-state index in [4.69, 9.17) is 4.42 Å². The van der Waals surface area contributed by atoms with Gasteiger partial charge < -0.3 is 9.15 Å². The van der Waals surface area contributed by atoms with Crippen LogP contribution >= 0.6 is 0 Å². The molecule has 0 bridgehead atoms. The van der Waals surface area contributed by atoms with E-state index < -0.39 is 5.97 Å². The van der Waals surface area contributed by atoms with E-state index in [9.17, 15) is 4.79 Å². The molecule has 88 valence electrons. The fourth-order valence-corrected chi connectivity index (χ4v) is 1.69. The number of rotatable bonds is 2. The highest BCUT2D eigenvalue weighted by atomic mass is 16.5. The lowest BCUT2D eigenvalue weighted by molar-refractivity contribution is 0.0566. The molecule has 3 nitrogen and oxygen atoms in total. The lowest BCUT2D eigenvalue weighted by Gasteiger charge is -2.03. The average Bonchev–Trinajstić information content (AvgIpc) is 2.80. The lowest BCUT2D eigenvalue weighted by Crippen LogP contribution is -1.98. The molecule has 0 saturated heterocycles. The summed E-state index contributed by atoms with van der Waals surface area (Å²) in [7, 11) is 1.34. The first-order valence-corrected chi connectivity index (χ1v) is 5.37. The molecule has 0 spiro atoms. The molecule has 0 saturated carbocycles. The van der Waals surface area contributed by atoms with E-state index in [0.29, 0.717) is 5.76 Å². The number of benzene rings is 1.